The molecule has 1 heterocycles. The lowest BCUT2D eigenvalue weighted by atomic mass is 10.2. The van der Waals surface area contributed by atoms with Crippen molar-refractivity contribution in [1.29, 1.82) is 0 Å². The lowest BCUT2D eigenvalue weighted by Crippen LogP contribution is -3.14. The lowest BCUT2D eigenvalue weighted by molar-refractivity contribution is -0.902. The summed E-state index contributed by atoms with van der Waals surface area (Å²) in [6.07, 6.45) is 3.17. The predicted octanol–water partition coefficient (Wildman–Crippen LogP) is -3.14. The van der Waals surface area contributed by atoms with Crippen LogP contribution >= 0.6 is 0 Å². The Morgan fingerprint density at radius 2 is 1.95 bits per heavy atom. The number of rotatable bonds is 3. The molecule has 1 aliphatic heterocycles. The molecule has 2 rings (SSSR count). The molecule has 5 nitrogen and oxygen atoms in total. The summed E-state index contributed by atoms with van der Waals surface area (Å²) in [5, 5.41) is 18.6. The molecule has 1 fully saturated rings. The molecule has 1 aromatic rings. The number of hydrogen-bond acceptors (Lipinski definition) is 3. The summed E-state index contributed by atoms with van der Waals surface area (Å²) in [5.74, 6) is -0.348. The van der Waals surface area contributed by atoms with Gasteiger partial charge >= 0.3 is 0 Å². The molecular weight excluding hydrogens is 292 g/mol. The number of carbonyl (C=O) groups is 1. The van der Waals surface area contributed by atoms with Crippen LogP contribution in [0.3, 0.4) is 0 Å². The number of nitrogens with one attached hydrogen (secondary N) is 1. The summed E-state index contributed by atoms with van der Waals surface area (Å²) >= 11 is 0. The van der Waals surface area contributed by atoms with Gasteiger partial charge < -0.3 is 32.4 Å². The van der Waals surface area contributed by atoms with E-state index in [0.717, 1.165) is 32.7 Å². The molecule has 21 heavy (non-hydrogen) atoms. The van der Waals surface area contributed by atoms with Crippen molar-refractivity contribution in [2.75, 3.05) is 32.7 Å². The van der Waals surface area contributed by atoms with E-state index in [-0.39, 0.29) is 29.8 Å². The van der Waals surface area contributed by atoms with Crippen LogP contribution in [0, 0.1) is 0 Å². The summed E-state index contributed by atoms with van der Waals surface area (Å²) < 4.78 is 0. The Morgan fingerprint density at radius 1 is 1.29 bits per heavy atom. The fourth-order valence-corrected chi connectivity index (χ4v) is 2.31. The molecule has 0 atom stereocenters. The highest BCUT2D eigenvalue weighted by atomic mass is 35.5. The first-order chi connectivity index (χ1) is 9.60. The summed E-state index contributed by atoms with van der Waals surface area (Å²) in [7, 11) is 0. The van der Waals surface area contributed by atoms with Gasteiger partial charge in [0.05, 0.1) is 32.7 Å². The molecule has 0 aliphatic carbocycles. The third-order valence-electron chi connectivity index (χ3n) is 3.70. The van der Waals surface area contributed by atoms with E-state index in [9.17, 15) is 15.0 Å². The minimum Gasteiger partial charge on any atom is -1.00 e. The highest BCUT2D eigenvalue weighted by Gasteiger charge is 2.20. The summed E-state index contributed by atoms with van der Waals surface area (Å²) in [6.45, 7) is 6.82. The molecule has 0 bridgehead atoms. The highest BCUT2D eigenvalue weighted by molar-refractivity contribution is 5.91. The summed E-state index contributed by atoms with van der Waals surface area (Å²) in [6, 6.07) is 4.49. The van der Waals surface area contributed by atoms with Crippen molar-refractivity contribution < 1.29 is 32.3 Å². The number of aromatic hydroxyl groups is 2. The first-order valence-corrected chi connectivity index (χ1v) is 6.92. The van der Waals surface area contributed by atoms with Gasteiger partial charge in [-0.05, 0) is 30.7 Å². The van der Waals surface area contributed by atoms with Crippen LogP contribution in [0.4, 0.5) is 0 Å². The van der Waals surface area contributed by atoms with Crippen molar-refractivity contribution >= 4 is 12.0 Å². The molecule has 1 aliphatic rings. The largest absolute Gasteiger partial charge is 1.00 e. The average Bonchev–Trinajstić information content (AvgIpc) is 2.48. The van der Waals surface area contributed by atoms with Crippen molar-refractivity contribution in [1.82, 2.24) is 4.90 Å². The number of nitrogens with zero attached hydrogens (tertiary/aromatic N) is 1. The van der Waals surface area contributed by atoms with Crippen LogP contribution in [0.1, 0.15) is 12.5 Å². The number of quaternary nitrogens is 1. The van der Waals surface area contributed by atoms with Crippen molar-refractivity contribution in [2.45, 2.75) is 6.92 Å². The quantitative estimate of drug-likeness (QED) is 0.408. The maximum absolute atomic E-state index is 12.0. The standard InChI is InChI=1S/C15H20N2O3.ClH/c1-2-16-7-9-17(10-8-16)15(20)6-4-12-3-5-13(18)14(19)11-12;/h3-6,11,18-19H,2,7-10H2,1H3;1H. The van der Waals surface area contributed by atoms with Crippen molar-refractivity contribution in [3.8, 4) is 11.5 Å². The molecular formula is C15H21ClN2O3. The van der Waals surface area contributed by atoms with E-state index in [1.807, 2.05) is 4.90 Å². The normalized spacial score (nSPS) is 16.0. The second kappa shape index (κ2) is 7.90. The van der Waals surface area contributed by atoms with Crippen LogP contribution in [0.5, 0.6) is 11.5 Å². The van der Waals surface area contributed by atoms with Gasteiger partial charge in [-0.25, -0.2) is 0 Å². The Labute approximate surface area is 130 Å². The van der Waals surface area contributed by atoms with Crippen LogP contribution in [-0.2, 0) is 4.79 Å². The smallest absolute Gasteiger partial charge is 0.246 e. The van der Waals surface area contributed by atoms with Gasteiger partial charge in [-0.1, -0.05) is 6.07 Å². The number of carbonyl (C=O) groups excluding carboxylic acids is 1. The Balaban J connectivity index is 0.00000220. The molecule has 0 radical (unpaired) electrons. The number of benzene rings is 1. The second-order valence-electron chi connectivity index (χ2n) is 5.01. The number of phenolic OH excluding ortho intramolecular Hbond substituents is 2. The van der Waals surface area contributed by atoms with Crippen molar-refractivity contribution in [3.63, 3.8) is 0 Å². The predicted molar refractivity (Wildman–Crippen MR) is 76.6 cm³/mol. The number of hydrogen-bond donors (Lipinski definition) is 3. The average molecular weight is 313 g/mol. The van der Waals surface area contributed by atoms with Crippen LogP contribution < -0.4 is 17.3 Å². The van der Waals surface area contributed by atoms with Crippen LogP contribution in [-0.4, -0.2) is 53.7 Å². The Kier molecular flexibility index (Phi) is 6.52. The fourth-order valence-electron chi connectivity index (χ4n) is 2.31. The van der Waals surface area contributed by atoms with E-state index >= 15 is 0 Å². The minimum absolute atomic E-state index is 0. The van der Waals surface area contributed by atoms with Gasteiger partial charge in [-0.15, -0.1) is 0 Å². The lowest BCUT2D eigenvalue weighted by Gasteiger charge is -2.30. The number of halogens is 1. The Morgan fingerprint density at radius 3 is 2.52 bits per heavy atom. The monoisotopic (exact) mass is 312 g/mol. The molecule has 3 N–H and O–H groups in total. The summed E-state index contributed by atoms with van der Waals surface area (Å²) in [4.78, 5) is 15.4. The molecule has 1 saturated heterocycles. The van der Waals surface area contributed by atoms with Crippen molar-refractivity contribution in [2.24, 2.45) is 0 Å². The van der Waals surface area contributed by atoms with Crippen LogP contribution in [0.25, 0.3) is 6.08 Å². The minimum atomic E-state index is -0.181. The van der Waals surface area contributed by atoms with E-state index < -0.39 is 0 Å². The van der Waals surface area contributed by atoms with Gasteiger partial charge in [0.1, 0.15) is 0 Å². The van der Waals surface area contributed by atoms with Crippen LogP contribution in [0.2, 0.25) is 0 Å². The molecule has 0 spiro atoms. The first-order valence-electron chi connectivity index (χ1n) is 6.92. The maximum atomic E-state index is 12.0. The van der Waals surface area contributed by atoms with Gasteiger partial charge in [-0.3, -0.25) is 4.79 Å². The maximum Gasteiger partial charge on any atom is 0.246 e. The van der Waals surface area contributed by atoms with E-state index in [1.54, 1.807) is 12.1 Å². The Hall–Kier alpha value is -1.72. The molecule has 0 unspecified atom stereocenters. The third kappa shape index (κ3) is 4.65. The molecule has 1 aromatic carbocycles. The highest BCUT2D eigenvalue weighted by Crippen LogP contribution is 2.25. The van der Waals surface area contributed by atoms with Gasteiger partial charge in [-0.2, -0.15) is 0 Å². The van der Waals surface area contributed by atoms with E-state index in [2.05, 4.69) is 6.92 Å². The van der Waals surface area contributed by atoms with Gasteiger partial charge in [0, 0.05) is 6.08 Å². The molecule has 6 heteroatoms. The van der Waals surface area contributed by atoms with E-state index in [4.69, 9.17) is 0 Å². The number of amides is 1. The molecule has 0 aromatic heterocycles. The van der Waals surface area contributed by atoms with E-state index in [0.29, 0.717) is 5.56 Å². The molecule has 1 amide bonds. The molecule has 0 saturated carbocycles. The Bertz CT molecular complexity index is 512. The van der Waals surface area contributed by atoms with E-state index in [1.165, 1.54) is 23.1 Å². The van der Waals surface area contributed by atoms with Crippen molar-refractivity contribution in [3.05, 3.63) is 29.8 Å². The zero-order valence-electron chi connectivity index (χ0n) is 12.1. The van der Waals surface area contributed by atoms with Gasteiger partial charge in [0.15, 0.2) is 11.5 Å². The van der Waals surface area contributed by atoms with Gasteiger partial charge in [0.2, 0.25) is 5.91 Å². The number of likely N-dealkylation sites (N-methyl/N-ethyl adjacent to an activating group) is 1. The number of piperazine rings is 1. The zero-order valence-corrected chi connectivity index (χ0v) is 12.8. The first kappa shape index (κ1) is 17.3. The summed E-state index contributed by atoms with van der Waals surface area (Å²) in [5.41, 5.74) is 0.687. The van der Waals surface area contributed by atoms with Crippen LogP contribution in [0.15, 0.2) is 24.3 Å². The zero-order chi connectivity index (χ0) is 14.5. The third-order valence-corrected chi connectivity index (χ3v) is 3.70. The fraction of sp³-hybridized carbons (Fsp3) is 0.400. The molecule has 116 valence electrons. The topological polar surface area (TPSA) is 65.2 Å². The second-order valence-corrected chi connectivity index (χ2v) is 5.01. The van der Waals surface area contributed by atoms with Gasteiger partial charge in [0.25, 0.3) is 0 Å². The SMILES string of the molecule is CC[NH+]1CCN(C(=O)C=Cc2ccc(O)c(O)c2)CC1.[Cl-]. The number of phenols is 2.